The summed E-state index contributed by atoms with van der Waals surface area (Å²) in [5.74, 6) is 1.45. The predicted molar refractivity (Wildman–Crippen MR) is 168 cm³/mol. The van der Waals surface area contributed by atoms with Gasteiger partial charge >= 0.3 is 0 Å². The molecule has 3 N–H and O–H groups in total. The maximum Gasteiger partial charge on any atom is 0.176 e. The van der Waals surface area contributed by atoms with Crippen molar-refractivity contribution in [1.82, 2.24) is 9.71 Å². The number of rotatable bonds is 5. The average Bonchev–Trinajstić information content (AvgIpc) is 3.33. The molecule has 9 nitrogen and oxygen atoms in total. The Kier molecular flexibility index (Phi) is 5.70. The minimum atomic E-state index is 0.0515. The summed E-state index contributed by atoms with van der Waals surface area (Å²) in [4.78, 5) is 12.9. The normalized spacial score (nSPS) is 12.0. The lowest BCUT2D eigenvalue weighted by atomic mass is 10.1. The molecule has 8 rings (SSSR count). The highest BCUT2D eigenvalue weighted by Gasteiger charge is 2.27. The number of benzene rings is 5. The van der Waals surface area contributed by atoms with Gasteiger partial charge in [0.25, 0.3) is 0 Å². The predicted octanol–water partition coefficient (Wildman–Crippen LogP) is 8.55. The van der Waals surface area contributed by atoms with Gasteiger partial charge in [-0.3, -0.25) is 0 Å². The third-order valence-corrected chi connectivity index (χ3v) is 7.59. The molecule has 1 aliphatic rings. The zero-order chi connectivity index (χ0) is 29.8. The molecule has 0 spiro atoms. The van der Waals surface area contributed by atoms with Crippen molar-refractivity contribution in [2.75, 3.05) is 9.96 Å². The molecule has 0 saturated carbocycles. The van der Waals surface area contributed by atoms with Crippen molar-refractivity contribution in [1.29, 1.82) is 0 Å². The lowest BCUT2D eigenvalue weighted by molar-refractivity contribution is 0.211. The number of ether oxygens (including phenoxy) is 1. The second kappa shape index (κ2) is 9.88. The number of phenols is 2. The second-order valence-corrected chi connectivity index (χ2v) is 10.3. The summed E-state index contributed by atoms with van der Waals surface area (Å²) in [5.41, 5.74) is 5.14. The van der Waals surface area contributed by atoms with Crippen LogP contribution in [0.3, 0.4) is 0 Å². The molecule has 44 heavy (non-hydrogen) atoms. The van der Waals surface area contributed by atoms with Gasteiger partial charge in [0, 0.05) is 46.2 Å². The van der Waals surface area contributed by atoms with Crippen LogP contribution in [0.4, 0.5) is 28.4 Å². The molecule has 0 bridgehead atoms. The van der Waals surface area contributed by atoms with Gasteiger partial charge < -0.3 is 29.9 Å². The van der Waals surface area contributed by atoms with Crippen LogP contribution in [-0.4, -0.2) is 25.1 Å². The number of aromatic hydroxyl groups is 2. The van der Waals surface area contributed by atoms with Crippen LogP contribution >= 0.6 is 0 Å². The standard InChI is InChI=1S/C35H24N4O5/c40-25-11-16-31-33(20-25)43-34-21-26(41)12-17-32(34)39(31)44-27-13-8-23(9-14-27)37(22-5-2-1-3-6-22)24-10-15-30-29(19-24)28-7-4-18-36-35(28)38(30)42/h1-21,40-42H. The number of hydrogen-bond donors (Lipinski definition) is 3. The number of fused-ring (bicyclic) bond motifs is 5. The topological polar surface area (TPSA) is 103 Å². The molecule has 0 atom stereocenters. The van der Waals surface area contributed by atoms with Gasteiger partial charge in [-0.15, -0.1) is 0 Å². The highest BCUT2D eigenvalue weighted by atomic mass is 16.7. The largest absolute Gasteiger partial charge is 0.508 e. The quantitative estimate of drug-likeness (QED) is 0.174. The summed E-state index contributed by atoms with van der Waals surface area (Å²) < 4.78 is 7.07. The molecule has 0 amide bonds. The number of aromatic nitrogens is 2. The number of pyridine rings is 1. The van der Waals surface area contributed by atoms with Crippen molar-refractivity contribution in [3.8, 4) is 28.7 Å². The van der Waals surface area contributed by atoms with Gasteiger partial charge in [0.05, 0.1) is 5.52 Å². The lowest BCUT2D eigenvalue weighted by Gasteiger charge is -2.32. The maximum absolute atomic E-state index is 10.7. The fraction of sp³-hybridized carbons (Fsp3) is 0. The average molecular weight is 581 g/mol. The molecule has 0 fully saturated rings. The van der Waals surface area contributed by atoms with Gasteiger partial charge in [-0.2, -0.15) is 9.79 Å². The van der Waals surface area contributed by atoms with Gasteiger partial charge in [0.15, 0.2) is 22.9 Å². The Hall–Kier alpha value is -6.35. The monoisotopic (exact) mass is 580 g/mol. The van der Waals surface area contributed by atoms with Crippen LogP contribution in [0.2, 0.25) is 0 Å². The molecule has 2 aromatic heterocycles. The SMILES string of the molecule is Oc1ccc2c(c1)Oc1cc(O)ccc1N2Oc1ccc(N(c2ccccc2)c2ccc3c(c2)c2cccnc2n3O)cc1. The Bertz CT molecular complexity index is 2130. The first-order valence-electron chi connectivity index (χ1n) is 13.9. The minimum Gasteiger partial charge on any atom is -0.508 e. The summed E-state index contributed by atoms with van der Waals surface area (Å²) in [5, 5.41) is 34.2. The number of hydrogen-bond acceptors (Lipinski definition) is 8. The van der Waals surface area contributed by atoms with E-state index >= 15 is 0 Å². The van der Waals surface area contributed by atoms with Gasteiger partial charge in [0.1, 0.15) is 22.9 Å². The second-order valence-electron chi connectivity index (χ2n) is 10.3. The molecule has 7 aromatic rings. The van der Waals surface area contributed by atoms with Crippen LogP contribution in [0.1, 0.15) is 0 Å². The molecule has 0 unspecified atom stereocenters. The summed E-state index contributed by atoms with van der Waals surface area (Å²) in [6, 6.07) is 37.0. The minimum absolute atomic E-state index is 0.0515. The van der Waals surface area contributed by atoms with Crippen LogP contribution in [0, 0.1) is 0 Å². The summed E-state index contributed by atoms with van der Waals surface area (Å²) in [7, 11) is 0. The van der Waals surface area contributed by atoms with E-state index in [0.29, 0.717) is 39.8 Å². The van der Waals surface area contributed by atoms with E-state index in [1.165, 1.54) is 12.1 Å². The Morgan fingerprint density at radius 3 is 2.00 bits per heavy atom. The Morgan fingerprint density at radius 2 is 1.30 bits per heavy atom. The molecular weight excluding hydrogens is 556 g/mol. The van der Waals surface area contributed by atoms with E-state index in [1.807, 2.05) is 78.9 Å². The van der Waals surface area contributed by atoms with Crippen LogP contribution in [-0.2, 0) is 0 Å². The lowest BCUT2D eigenvalue weighted by Crippen LogP contribution is -2.25. The number of nitrogens with zero attached hydrogens (tertiary/aromatic N) is 4. The fourth-order valence-electron chi connectivity index (χ4n) is 5.59. The maximum atomic E-state index is 10.7. The van der Waals surface area contributed by atoms with Crippen molar-refractivity contribution < 1.29 is 25.0 Å². The first-order chi connectivity index (χ1) is 21.5. The van der Waals surface area contributed by atoms with Gasteiger partial charge in [-0.05, 0) is 91.0 Å². The van der Waals surface area contributed by atoms with Crippen LogP contribution in [0.15, 0.2) is 128 Å². The first-order valence-corrected chi connectivity index (χ1v) is 13.9. The van der Waals surface area contributed by atoms with Crippen molar-refractivity contribution in [2.24, 2.45) is 0 Å². The van der Waals surface area contributed by atoms with Crippen molar-refractivity contribution >= 4 is 50.4 Å². The molecule has 0 radical (unpaired) electrons. The molecule has 5 aromatic carbocycles. The van der Waals surface area contributed by atoms with E-state index < -0.39 is 0 Å². The van der Waals surface area contributed by atoms with Crippen LogP contribution in [0.25, 0.3) is 21.9 Å². The van der Waals surface area contributed by atoms with Gasteiger partial charge in [-0.1, -0.05) is 18.2 Å². The van der Waals surface area contributed by atoms with E-state index in [4.69, 9.17) is 9.57 Å². The summed E-state index contributed by atoms with van der Waals surface area (Å²) >= 11 is 0. The van der Waals surface area contributed by atoms with Crippen molar-refractivity contribution in [3.05, 3.63) is 128 Å². The van der Waals surface area contributed by atoms with Crippen LogP contribution in [0.5, 0.6) is 28.7 Å². The molecule has 0 aliphatic carbocycles. The van der Waals surface area contributed by atoms with Crippen molar-refractivity contribution in [2.45, 2.75) is 0 Å². The molecule has 0 saturated heterocycles. The summed E-state index contributed by atoms with van der Waals surface area (Å²) in [6.45, 7) is 0. The Labute approximate surface area is 251 Å². The van der Waals surface area contributed by atoms with Gasteiger partial charge in [0.2, 0.25) is 0 Å². The third-order valence-electron chi connectivity index (χ3n) is 7.59. The number of phenolic OH excluding ortho intramolecular Hbond substituents is 2. The Balaban J connectivity index is 1.18. The zero-order valence-corrected chi connectivity index (χ0v) is 23.1. The molecule has 3 heterocycles. The highest BCUT2D eigenvalue weighted by molar-refractivity contribution is 6.08. The smallest absolute Gasteiger partial charge is 0.176 e. The van der Waals surface area contributed by atoms with E-state index in [0.717, 1.165) is 32.6 Å². The molecular formula is C35H24N4O5. The molecule has 214 valence electrons. The van der Waals surface area contributed by atoms with E-state index in [9.17, 15) is 15.4 Å². The molecule has 1 aliphatic heterocycles. The fourth-order valence-corrected chi connectivity index (χ4v) is 5.59. The van der Waals surface area contributed by atoms with E-state index in [-0.39, 0.29) is 11.5 Å². The van der Waals surface area contributed by atoms with E-state index in [1.54, 1.807) is 35.5 Å². The summed E-state index contributed by atoms with van der Waals surface area (Å²) in [6.07, 6.45) is 1.66. The van der Waals surface area contributed by atoms with Crippen LogP contribution < -0.4 is 19.5 Å². The van der Waals surface area contributed by atoms with Crippen molar-refractivity contribution in [3.63, 3.8) is 0 Å². The number of para-hydroxylation sites is 1. The Morgan fingerprint density at radius 1 is 0.636 bits per heavy atom. The highest BCUT2D eigenvalue weighted by Crippen LogP contribution is 2.49. The van der Waals surface area contributed by atoms with Gasteiger partial charge in [-0.25, -0.2) is 4.98 Å². The third kappa shape index (κ3) is 4.14. The first kappa shape index (κ1) is 25.4. The number of anilines is 5. The zero-order valence-electron chi connectivity index (χ0n) is 23.1. The van der Waals surface area contributed by atoms with E-state index in [2.05, 4.69) is 16.0 Å². The molecule has 9 heteroatoms.